The number of benzene rings is 2. The summed E-state index contributed by atoms with van der Waals surface area (Å²) in [5, 5.41) is 12.5. The number of amides is 1. The number of phenolic OH excluding ortho intramolecular Hbond substituents is 1. The number of hydrogen-bond donors (Lipinski definition) is 2. The molecule has 3 rings (SSSR count). The number of unbranched alkanes of at least 4 members (excludes halogenated alkanes) is 3. The lowest BCUT2D eigenvalue weighted by molar-refractivity contribution is -0.122. The van der Waals surface area contributed by atoms with Crippen LogP contribution in [0.4, 0.5) is 4.39 Å². The van der Waals surface area contributed by atoms with E-state index in [-0.39, 0.29) is 30.7 Å². The molecule has 1 aliphatic rings. The summed E-state index contributed by atoms with van der Waals surface area (Å²) in [5.41, 5.74) is 1.10. The molecule has 7 heteroatoms. The maximum absolute atomic E-state index is 13.7. The first-order valence-electron chi connectivity index (χ1n) is 12.8. The Morgan fingerprint density at radius 1 is 1.06 bits per heavy atom. The van der Waals surface area contributed by atoms with Crippen molar-refractivity contribution in [2.24, 2.45) is 0 Å². The van der Waals surface area contributed by atoms with E-state index in [1.54, 1.807) is 24.3 Å². The maximum atomic E-state index is 13.7. The zero-order valence-corrected chi connectivity index (χ0v) is 20.8. The van der Waals surface area contributed by atoms with Crippen LogP contribution >= 0.6 is 0 Å². The van der Waals surface area contributed by atoms with Crippen LogP contribution in [0.25, 0.3) is 0 Å². The highest BCUT2D eigenvalue weighted by molar-refractivity contribution is 5.76. The zero-order valence-electron chi connectivity index (χ0n) is 20.8. The molecule has 0 spiro atoms. The number of carbonyl (C=O) groups excluding carboxylic acids is 1. The molecule has 2 atom stereocenters. The summed E-state index contributed by atoms with van der Waals surface area (Å²) in [6.45, 7) is 4.90. The highest BCUT2D eigenvalue weighted by atomic mass is 19.1. The number of hydrogen-bond acceptors (Lipinski definition) is 5. The first-order chi connectivity index (χ1) is 17.0. The molecule has 2 N–H and O–H groups in total. The molecule has 1 amide bonds. The van der Waals surface area contributed by atoms with E-state index in [9.17, 15) is 14.3 Å². The Labute approximate surface area is 208 Å². The molecule has 0 saturated carbocycles. The van der Waals surface area contributed by atoms with E-state index in [2.05, 4.69) is 17.1 Å². The molecule has 2 aromatic rings. The molecule has 1 fully saturated rings. The number of ether oxygens (including phenoxy) is 2. The molecule has 0 aromatic heterocycles. The average Bonchev–Trinajstić information content (AvgIpc) is 3.25. The largest absolute Gasteiger partial charge is 0.508 e. The van der Waals surface area contributed by atoms with Crippen molar-refractivity contribution in [1.82, 2.24) is 10.2 Å². The van der Waals surface area contributed by atoms with Crippen molar-refractivity contribution in [3.8, 4) is 17.2 Å². The maximum Gasteiger partial charge on any atom is 0.223 e. The molecule has 6 nitrogen and oxygen atoms in total. The van der Waals surface area contributed by atoms with Crippen LogP contribution in [0.15, 0.2) is 48.5 Å². The van der Waals surface area contributed by atoms with Crippen molar-refractivity contribution >= 4 is 5.91 Å². The molecule has 2 unspecified atom stereocenters. The van der Waals surface area contributed by atoms with Crippen molar-refractivity contribution in [1.29, 1.82) is 0 Å². The molecule has 1 aliphatic heterocycles. The van der Waals surface area contributed by atoms with Gasteiger partial charge in [-0.1, -0.05) is 38.3 Å². The number of halogens is 1. The Hall–Kier alpha value is -2.80. The minimum atomic E-state index is -0.793. The third-order valence-corrected chi connectivity index (χ3v) is 6.17. The summed E-state index contributed by atoms with van der Waals surface area (Å²) >= 11 is 0. The fraction of sp³-hybridized carbons (Fsp3) is 0.536. The van der Waals surface area contributed by atoms with Gasteiger partial charge in [-0.15, -0.1) is 0 Å². The van der Waals surface area contributed by atoms with Crippen LogP contribution < -0.4 is 14.8 Å². The number of rotatable bonds is 15. The summed E-state index contributed by atoms with van der Waals surface area (Å²) < 4.78 is 25.1. The summed E-state index contributed by atoms with van der Waals surface area (Å²) in [6, 6.07) is 14.3. The second kappa shape index (κ2) is 14.6. The van der Waals surface area contributed by atoms with Gasteiger partial charge in [0.15, 0.2) is 0 Å². The van der Waals surface area contributed by atoms with E-state index in [1.165, 1.54) is 19.3 Å². The van der Waals surface area contributed by atoms with Crippen molar-refractivity contribution < 1.29 is 23.8 Å². The van der Waals surface area contributed by atoms with Crippen LogP contribution in [-0.2, 0) is 11.2 Å². The number of nitrogens with one attached hydrogen (secondary N) is 1. The fourth-order valence-corrected chi connectivity index (χ4v) is 4.25. The Morgan fingerprint density at radius 2 is 1.74 bits per heavy atom. The third kappa shape index (κ3) is 10.1. The summed E-state index contributed by atoms with van der Waals surface area (Å²) in [5.74, 6) is 1.53. The number of nitrogens with zero attached hydrogens (tertiary/aromatic N) is 1. The monoisotopic (exact) mass is 486 g/mol. The van der Waals surface area contributed by atoms with Crippen molar-refractivity contribution in [2.45, 2.75) is 64.1 Å². The SMILES string of the molecule is CCCCCCOc1ccc(CC(CN2CCC(F)C2)NC(=O)CCOc2ccc(O)cc2)cc1. The molecule has 192 valence electrons. The minimum Gasteiger partial charge on any atom is -0.508 e. The fourth-order valence-electron chi connectivity index (χ4n) is 4.25. The molecular formula is C28H39FN2O4. The van der Waals surface area contributed by atoms with E-state index in [1.807, 2.05) is 24.3 Å². The second-order valence-corrected chi connectivity index (χ2v) is 9.26. The van der Waals surface area contributed by atoms with E-state index in [0.717, 1.165) is 24.3 Å². The normalized spacial score (nSPS) is 16.7. The Morgan fingerprint density at radius 3 is 2.40 bits per heavy atom. The standard InChI is InChI=1S/C28H39FN2O4/c1-2-3-4-5-17-34-26-10-6-22(7-11-26)19-24(21-31-16-14-23(29)20-31)30-28(33)15-18-35-27-12-8-25(32)9-13-27/h6-13,23-24,32H,2-5,14-21H2,1H3,(H,30,33). The van der Waals surface area contributed by atoms with E-state index in [0.29, 0.717) is 38.2 Å². The highest BCUT2D eigenvalue weighted by Gasteiger charge is 2.25. The van der Waals surface area contributed by atoms with E-state index >= 15 is 0 Å². The lowest BCUT2D eigenvalue weighted by Gasteiger charge is -2.25. The van der Waals surface area contributed by atoms with Gasteiger partial charge in [-0.3, -0.25) is 9.69 Å². The first-order valence-corrected chi connectivity index (χ1v) is 12.8. The Balaban J connectivity index is 1.49. The van der Waals surface area contributed by atoms with Gasteiger partial charge >= 0.3 is 0 Å². The number of phenols is 1. The molecule has 1 saturated heterocycles. The van der Waals surface area contributed by atoms with Gasteiger partial charge in [0.25, 0.3) is 0 Å². The predicted octanol–water partition coefficient (Wildman–Crippen LogP) is 4.89. The van der Waals surface area contributed by atoms with E-state index < -0.39 is 6.17 Å². The van der Waals surface area contributed by atoms with Gasteiger partial charge in [0.1, 0.15) is 23.4 Å². The van der Waals surface area contributed by atoms with Crippen molar-refractivity contribution in [3.05, 3.63) is 54.1 Å². The number of carbonyl (C=O) groups is 1. The van der Waals surface area contributed by atoms with Crippen LogP contribution in [-0.4, -0.2) is 61.0 Å². The Bertz CT molecular complexity index is 876. The average molecular weight is 487 g/mol. The molecule has 35 heavy (non-hydrogen) atoms. The Kier molecular flexibility index (Phi) is 11.2. The smallest absolute Gasteiger partial charge is 0.223 e. The first kappa shape index (κ1) is 26.8. The summed E-state index contributed by atoms with van der Waals surface area (Å²) in [4.78, 5) is 14.7. The quantitative estimate of drug-likeness (QED) is 0.351. The van der Waals surface area contributed by atoms with Crippen LogP contribution in [0, 0.1) is 0 Å². The lowest BCUT2D eigenvalue weighted by atomic mass is 10.0. The van der Waals surface area contributed by atoms with Crippen LogP contribution in [0.1, 0.15) is 51.0 Å². The summed E-state index contributed by atoms with van der Waals surface area (Å²) in [7, 11) is 0. The molecule has 0 bridgehead atoms. The number of likely N-dealkylation sites (tertiary alicyclic amines) is 1. The second-order valence-electron chi connectivity index (χ2n) is 9.26. The van der Waals surface area contributed by atoms with Gasteiger partial charge in [-0.2, -0.15) is 0 Å². The van der Waals surface area contributed by atoms with E-state index in [4.69, 9.17) is 9.47 Å². The predicted molar refractivity (Wildman–Crippen MR) is 136 cm³/mol. The molecule has 2 aromatic carbocycles. The third-order valence-electron chi connectivity index (χ3n) is 6.17. The number of alkyl halides is 1. The van der Waals surface area contributed by atoms with Gasteiger partial charge in [0.2, 0.25) is 5.91 Å². The van der Waals surface area contributed by atoms with Gasteiger partial charge < -0.3 is 19.9 Å². The molecule has 1 heterocycles. The molecule has 0 aliphatic carbocycles. The summed E-state index contributed by atoms with van der Waals surface area (Å²) in [6.07, 6.45) is 5.32. The van der Waals surface area contributed by atoms with Gasteiger partial charge in [-0.05, 0) is 61.2 Å². The minimum absolute atomic E-state index is 0.100. The highest BCUT2D eigenvalue weighted by Crippen LogP contribution is 2.18. The van der Waals surface area contributed by atoms with Crippen molar-refractivity contribution in [3.63, 3.8) is 0 Å². The lowest BCUT2D eigenvalue weighted by Crippen LogP contribution is -2.45. The van der Waals surface area contributed by atoms with Gasteiger partial charge in [0, 0.05) is 25.7 Å². The van der Waals surface area contributed by atoms with Gasteiger partial charge in [0.05, 0.1) is 19.6 Å². The molecular weight excluding hydrogens is 447 g/mol. The van der Waals surface area contributed by atoms with Crippen molar-refractivity contribution in [2.75, 3.05) is 32.8 Å². The molecule has 0 radical (unpaired) electrons. The van der Waals surface area contributed by atoms with Crippen LogP contribution in [0.2, 0.25) is 0 Å². The zero-order chi connectivity index (χ0) is 24.9. The topological polar surface area (TPSA) is 71.0 Å². The van der Waals surface area contributed by atoms with Crippen LogP contribution in [0.5, 0.6) is 17.2 Å². The van der Waals surface area contributed by atoms with Crippen LogP contribution in [0.3, 0.4) is 0 Å². The van der Waals surface area contributed by atoms with Gasteiger partial charge in [-0.25, -0.2) is 4.39 Å². The number of aromatic hydroxyl groups is 1.